The molecule has 2 heterocycles. The molecule has 1 amide bonds. The molecule has 1 fully saturated rings. The van der Waals surface area contributed by atoms with E-state index in [1.165, 1.54) is 23.1 Å². The van der Waals surface area contributed by atoms with Gasteiger partial charge in [0.25, 0.3) is 0 Å². The molecule has 24 heavy (non-hydrogen) atoms. The van der Waals surface area contributed by atoms with Crippen LogP contribution in [-0.4, -0.2) is 20.3 Å². The molecule has 3 aromatic rings. The summed E-state index contributed by atoms with van der Waals surface area (Å²) in [5, 5.41) is 7.24. The van der Waals surface area contributed by atoms with Gasteiger partial charge < -0.3 is 9.73 Å². The van der Waals surface area contributed by atoms with Crippen molar-refractivity contribution in [1.29, 1.82) is 0 Å². The van der Waals surface area contributed by atoms with E-state index in [4.69, 9.17) is 4.42 Å². The molecule has 1 saturated carbocycles. The molecule has 1 N–H and O–H groups in total. The molecule has 4 rings (SSSR count). The molecule has 0 aliphatic heterocycles. The summed E-state index contributed by atoms with van der Waals surface area (Å²) in [5.41, 5.74) is 3.15. The highest BCUT2D eigenvalue weighted by Crippen LogP contribution is 2.39. The van der Waals surface area contributed by atoms with E-state index in [9.17, 15) is 9.59 Å². The van der Waals surface area contributed by atoms with Crippen molar-refractivity contribution in [2.75, 3.05) is 0 Å². The summed E-state index contributed by atoms with van der Waals surface area (Å²) in [7, 11) is 1.93. The van der Waals surface area contributed by atoms with E-state index in [0.29, 0.717) is 23.6 Å². The first-order valence-electron chi connectivity index (χ1n) is 7.99. The van der Waals surface area contributed by atoms with Crippen molar-refractivity contribution in [3.05, 3.63) is 52.3 Å². The second kappa shape index (κ2) is 5.67. The molecular formula is C17H18N4O3. The molecule has 0 bridgehead atoms. The number of carbonyl (C=O) groups is 1. The maximum Gasteiger partial charge on any atom is 0.420 e. The number of benzene rings is 1. The Bertz CT molecular complexity index is 962. The molecule has 7 nitrogen and oxygen atoms in total. The topological polar surface area (TPSA) is 82.1 Å². The van der Waals surface area contributed by atoms with Gasteiger partial charge in [0.1, 0.15) is 6.54 Å². The number of aryl methyl sites for hydroxylation is 1. The fraction of sp³-hybridized carbons (Fsp3) is 0.353. The zero-order valence-electron chi connectivity index (χ0n) is 13.4. The van der Waals surface area contributed by atoms with Crippen molar-refractivity contribution in [3.63, 3.8) is 0 Å². The third-order valence-corrected chi connectivity index (χ3v) is 4.30. The summed E-state index contributed by atoms with van der Waals surface area (Å²) in [4.78, 5) is 24.0. The summed E-state index contributed by atoms with van der Waals surface area (Å²) in [6.45, 7) is 0.280. The third kappa shape index (κ3) is 2.73. The second-order valence-electron chi connectivity index (χ2n) is 6.16. The number of oxazole rings is 1. The highest BCUT2D eigenvalue weighted by molar-refractivity contribution is 5.79. The van der Waals surface area contributed by atoms with Crippen LogP contribution in [0.15, 0.2) is 39.5 Å². The summed E-state index contributed by atoms with van der Waals surface area (Å²) >= 11 is 0. The maximum absolute atomic E-state index is 12.2. The van der Waals surface area contributed by atoms with E-state index in [2.05, 4.69) is 10.4 Å². The van der Waals surface area contributed by atoms with Crippen molar-refractivity contribution >= 4 is 17.0 Å². The van der Waals surface area contributed by atoms with Crippen molar-refractivity contribution in [2.24, 2.45) is 7.05 Å². The second-order valence-corrected chi connectivity index (χ2v) is 6.16. The first kappa shape index (κ1) is 14.7. The number of nitrogens with zero attached hydrogens (tertiary/aromatic N) is 3. The molecule has 2 aromatic heterocycles. The predicted molar refractivity (Wildman–Crippen MR) is 87.5 cm³/mol. The Kier molecular flexibility index (Phi) is 3.48. The Morgan fingerprint density at radius 3 is 2.96 bits per heavy atom. The highest BCUT2D eigenvalue weighted by Gasteiger charge is 2.27. The number of hydrogen-bond acceptors (Lipinski definition) is 4. The number of para-hydroxylation sites is 2. The van der Waals surface area contributed by atoms with Crippen molar-refractivity contribution in [1.82, 2.24) is 19.7 Å². The number of nitrogens with one attached hydrogen (secondary N) is 1. The Balaban J connectivity index is 1.44. The van der Waals surface area contributed by atoms with Crippen molar-refractivity contribution < 1.29 is 9.21 Å². The van der Waals surface area contributed by atoms with Crippen molar-refractivity contribution in [3.8, 4) is 0 Å². The summed E-state index contributed by atoms with van der Waals surface area (Å²) in [6, 6.07) is 9.09. The van der Waals surface area contributed by atoms with E-state index >= 15 is 0 Å². The van der Waals surface area contributed by atoms with Crippen LogP contribution in [0, 0.1) is 0 Å². The molecular weight excluding hydrogens is 308 g/mol. The van der Waals surface area contributed by atoms with Crippen molar-refractivity contribution in [2.45, 2.75) is 31.8 Å². The van der Waals surface area contributed by atoms with Gasteiger partial charge in [0, 0.05) is 18.7 Å². The standard InChI is InChI=1S/C17H18N4O3/c1-20-14(11-6-7-11)8-12(19-20)9-18-16(22)10-21-13-4-2-3-5-15(13)24-17(21)23/h2-5,8,11H,6-7,9-10H2,1H3,(H,18,22). The van der Waals surface area contributed by atoms with Crippen LogP contribution in [0.4, 0.5) is 0 Å². The third-order valence-electron chi connectivity index (χ3n) is 4.30. The molecule has 0 unspecified atom stereocenters. The van der Waals surface area contributed by atoms with Gasteiger partial charge in [-0.2, -0.15) is 5.10 Å². The summed E-state index contributed by atoms with van der Waals surface area (Å²) < 4.78 is 8.34. The monoisotopic (exact) mass is 326 g/mol. The molecule has 0 saturated heterocycles. The van der Waals surface area contributed by atoms with Gasteiger partial charge in [0.2, 0.25) is 5.91 Å². The Labute approximate surface area is 137 Å². The predicted octanol–water partition coefficient (Wildman–Crippen LogP) is 1.52. The molecule has 0 radical (unpaired) electrons. The Hall–Kier alpha value is -2.83. The quantitative estimate of drug-likeness (QED) is 0.771. The Morgan fingerprint density at radius 1 is 1.38 bits per heavy atom. The number of carbonyl (C=O) groups excluding carboxylic acids is 1. The van der Waals surface area contributed by atoms with E-state index in [0.717, 1.165) is 5.69 Å². The Morgan fingerprint density at radius 2 is 2.17 bits per heavy atom. The minimum absolute atomic E-state index is 0.0713. The van der Waals surface area contributed by atoms with Gasteiger partial charge in [-0.25, -0.2) is 4.79 Å². The van der Waals surface area contributed by atoms with Crippen LogP contribution in [0.1, 0.15) is 30.1 Å². The maximum atomic E-state index is 12.2. The number of rotatable bonds is 5. The lowest BCUT2D eigenvalue weighted by Crippen LogP contribution is -2.30. The number of hydrogen-bond donors (Lipinski definition) is 1. The van der Waals surface area contributed by atoms with Crippen LogP contribution in [0.2, 0.25) is 0 Å². The van der Waals surface area contributed by atoms with Gasteiger partial charge in [0.15, 0.2) is 5.58 Å². The minimum Gasteiger partial charge on any atom is -0.408 e. The molecule has 1 aliphatic rings. The van der Waals surface area contributed by atoms with Gasteiger partial charge in [-0.15, -0.1) is 0 Å². The van der Waals surface area contributed by atoms with Crippen LogP contribution < -0.4 is 11.1 Å². The fourth-order valence-corrected chi connectivity index (χ4v) is 2.94. The highest BCUT2D eigenvalue weighted by atomic mass is 16.4. The van der Waals surface area contributed by atoms with Crippen LogP contribution in [0.5, 0.6) is 0 Å². The number of amides is 1. The van der Waals surface area contributed by atoms with Crippen LogP contribution >= 0.6 is 0 Å². The first-order chi connectivity index (χ1) is 11.6. The average Bonchev–Trinajstić information content (AvgIpc) is 3.27. The van der Waals surface area contributed by atoms with Gasteiger partial charge >= 0.3 is 5.76 Å². The normalized spacial score (nSPS) is 14.2. The molecule has 7 heteroatoms. The molecule has 124 valence electrons. The molecule has 0 atom stereocenters. The number of fused-ring (bicyclic) bond motifs is 1. The van der Waals surface area contributed by atoms with Crippen LogP contribution in [-0.2, 0) is 24.9 Å². The van der Waals surface area contributed by atoms with Crippen LogP contribution in [0.25, 0.3) is 11.1 Å². The first-order valence-corrected chi connectivity index (χ1v) is 7.99. The van der Waals surface area contributed by atoms with Gasteiger partial charge in [-0.05, 0) is 31.0 Å². The molecule has 1 aliphatic carbocycles. The lowest BCUT2D eigenvalue weighted by Gasteiger charge is -2.04. The largest absolute Gasteiger partial charge is 0.420 e. The SMILES string of the molecule is Cn1nc(CNC(=O)Cn2c(=O)oc3ccccc32)cc1C1CC1. The van der Waals surface area contributed by atoms with Gasteiger partial charge in [0.05, 0.1) is 17.8 Å². The van der Waals surface area contributed by atoms with Gasteiger partial charge in [-0.1, -0.05) is 12.1 Å². The number of aromatic nitrogens is 3. The zero-order chi connectivity index (χ0) is 16.7. The summed E-state index contributed by atoms with van der Waals surface area (Å²) in [5.74, 6) is -0.162. The zero-order valence-corrected chi connectivity index (χ0v) is 13.4. The van der Waals surface area contributed by atoms with Gasteiger partial charge in [-0.3, -0.25) is 14.0 Å². The molecule has 1 aromatic carbocycles. The van der Waals surface area contributed by atoms with E-state index in [-0.39, 0.29) is 12.5 Å². The van der Waals surface area contributed by atoms with E-state index < -0.39 is 5.76 Å². The van der Waals surface area contributed by atoms with E-state index in [1.807, 2.05) is 17.8 Å². The lowest BCUT2D eigenvalue weighted by molar-refractivity contribution is -0.121. The lowest BCUT2D eigenvalue weighted by atomic mass is 10.2. The average molecular weight is 326 g/mol. The van der Waals surface area contributed by atoms with E-state index in [1.54, 1.807) is 24.3 Å². The fourth-order valence-electron chi connectivity index (χ4n) is 2.94. The summed E-state index contributed by atoms with van der Waals surface area (Å²) in [6.07, 6.45) is 2.42. The van der Waals surface area contributed by atoms with Crippen LogP contribution in [0.3, 0.4) is 0 Å². The smallest absolute Gasteiger partial charge is 0.408 e. The molecule has 0 spiro atoms. The minimum atomic E-state index is -0.528.